The molecule has 1 aliphatic rings. The van der Waals surface area contributed by atoms with Crippen LogP contribution in [-0.2, 0) is 4.79 Å². The second-order valence-electron chi connectivity index (χ2n) is 5.94. The van der Waals surface area contributed by atoms with Gasteiger partial charge in [-0.25, -0.2) is 4.39 Å². The molecule has 0 radical (unpaired) electrons. The third-order valence-electron chi connectivity index (χ3n) is 4.12. The molecule has 2 amide bonds. The molecule has 7 heteroatoms. The van der Waals surface area contributed by atoms with Gasteiger partial charge >= 0.3 is 0 Å². The van der Waals surface area contributed by atoms with Gasteiger partial charge in [-0.15, -0.1) is 12.4 Å². The number of nitrogens with zero attached hydrogens (tertiary/aromatic N) is 2. The molecule has 1 N–H and O–H groups in total. The van der Waals surface area contributed by atoms with Crippen LogP contribution >= 0.6 is 12.4 Å². The number of hydrogen-bond donors (Lipinski definition) is 1. The molecule has 0 aliphatic carbocycles. The van der Waals surface area contributed by atoms with Crippen LogP contribution in [0.15, 0.2) is 24.3 Å². The topological polar surface area (TPSA) is 52.7 Å². The lowest BCUT2D eigenvalue weighted by Gasteiger charge is -2.24. The van der Waals surface area contributed by atoms with Gasteiger partial charge in [0, 0.05) is 44.2 Å². The van der Waals surface area contributed by atoms with E-state index in [0.717, 1.165) is 6.42 Å². The Morgan fingerprint density at radius 3 is 2.33 bits per heavy atom. The van der Waals surface area contributed by atoms with E-state index >= 15 is 0 Å². The van der Waals surface area contributed by atoms with Gasteiger partial charge in [-0.1, -0.05) is 6.92 Å². The molecule has 1 unspecified atom stereocenters. The summed E-state index contributed by atoms with van der Waals surface area (Å²) in [6.45, 7) is 4.88. The highest BCUT2D eigenvalue weighted by Gasteiger charge is 2.25. The molecule has 1 saturated heterocycles. The Balaban J connectivity index is 0.00000288. The van der Waals surface area contributed by atoms with E-state index in [0.29, 0.717) is 38.3 Å². The van der Waals surface area contributed by atoms with Gasteiger partial charge < -0.3 is 15.1 Å². The Kier molecular flexibility index (Phi) is 8.15. The van der Waals surface area contributed by atoms with Gasteiger partial charge in [0.05, 0.1) is 0 Å². The molecule has 2 rings (SSSR count). The van der Waals surface area contributed by atoms with E-state index in [4.69, 9.17) is 0 Å². The first-order chi connectivity index (χ1) is 11.0. The zero-order valence-corrected chi connectivity index (χ0v) is 14.9. The SMILES string of the molecule is CNCC(C)C(=O)N1CCCN(C(=O)c2ccc(F)cc2)CC1.Cl. The van der Waals surface area contributed by atoms with E-state index in [1.54, 1.807) is 4.90 Å². The van der Waals surface area contributed by atoms with Crippen LogP contribution in [0.3, 0.4) is 0 Å². The standard InChI is InChI=1S/C17H24FN3O2.ClH/c1-13(12-19-2)16(22)20-8-3-9-21(11-10-20)17(23)14-4-6-15(18)7-5-14;/h4-7,13,19H,3,8-12H2,1-2H3;1H. The molecule has 5 nitrogen and oxygen atoms in total. The summed E-state index contributed by atoms with van der Waals surface area (Å²) < 4.78 is 13.0. The van der Waals surface area contributed by atoms with Gasteiger partial charge in [0.2, 0.25) is 5.91 Å². The van der Waals surface area contributed by atoms with E-state index in [2.05, 4.69) is 5.32 Å². The maximum absolute atomic E-state index is 13.0. The van der Waals surface area contributed by atoms with Crippen molar-refractivity contribution < 1.29 is 14.0 Å². The fraction of sp³-hybridized carbons (Fsp3) is 0.529. The van der Waals surface area contributed by atoms with Gasteiger partial charge in [-0.2, -0.15) is 0 Å². The van der Waals surface area contributed by atoms with Crippen molar-refractivity contribution in [3.63, 3.8) is 0 Å². The highest BCUT2D eigenvalue weighted by Crippen LogP contribution is 2.12. The molecule has 1 aromatic rings. The van der Waals surface area contributed by atoms with Crippen LogP contribution in [0.1, 0.15) is 23.7 Å². The summed E-state index contributed by atoms with van der Waals surface area (Å²) in [5.41, 5.74) is 0.481. The van der Waals surface area contributed by atoms with Crippen molar-refractivity contribution in [2.75, 3.05) is 39.8 Å². The summed E-state index contributed by atoms with van der Waals surface area (Å²) in [4.78, 5) is 28.4. The second kappa shape index (κ2) is 9.59. The Labute approximate surface area is 148 Å². The van der Waals surface area contributed by atoms with Crippen LogP contribution in [0.5, 0.6) is 0 Å². The van der Waals surface area contributed by atoms with Crippen molar-refractivity contribution in [3.8, 4) is 0 Å². The summed E-state index contributed by atoms with van der Waals surface area (Å²) in [7, 11) is 1.83. The van der Waals surface area contributed by atoms with Crippen molar-refractivity contribution in [2.24, 2.45) is 5.92 Å². The van der Waals surface area contributed by atoms with Gasteiger partial charge in [-0.3, -0.25) is 9.59 Å². The Hall–Kier alpha value is -1.66. The van der Waals surface area contributed by atoms with Crippen LogP contribution in [0.25, 0.3) is 0 Å². The number of halogens is 2. The minimum atomic E-state index is -0.354. The number of carbonyl (C=O) groups excluding carboxylic acids is 2. The van der Waals surface area contributed by atoms with E-state index in [9.17, 15) is 14.0 Å². The number of benzene rings is 1. The van der Waals surface area contributed by atoms with Crippen LogP contribution in [0, 0.1) is 11.7 Å². The summed E-state index contributed by atoms with van der Waals surface area (Å²) in [6.07, 6.45) is 0.755. The quantitative estimate of drug-likeness (QED) is 0.893. The zero-order chi connectivity index (χ0) is 16.8. The maximum atomic E-state index is 13.0. The van der Waals surface area contributed by atoms with Gasteiger partial charge in [0.1, 0.15) is 5.82 Å². The molecule has 0 saturated carbocycles. The minimum Gasteiger partial charge on any atom is -0.341 e. The van der Waals surface area contributed by atoms with E-state index in [-0.39, 0.29) is 36.0 Å². The molecule has 1 fully saturated rings. The highest BCUT2D eigenvalue weighted by atomic mass is 35.5. The van der Waals surface area contributed by atoms with Gasteiger partial charge in [-0.05, 0) is 37.7 Å². The van der Waals surface area contributed by atoms with E-state index < -0.39 is 0 Å². The smallest absolute Gasteiger partial charge is 0.253 e. The summed E-state index contributed by atoms with van der Waals surface area (Å²) >= 11 is 0. The number of rotatable bonds is 4. The molecular formula is C17H25ClFN3O2. The fourth-order valence-corrected chi connectivity index (χ4v) is 2.82. The average Bonchev–Trinajstić information content (AvgIpc) is 2.80. The maximum Gasteiger partial charge on any atom is 0.253 e. The lowest BCUT2D eigenvalue weighted by Crippen LogP contribution is -2.41. The van der Waals surface area contributed by atoms with Gasteiger partial charge in [0.15, 0.2) is 0 Å². The van der Waals surface area contributed by atoms with E-state index in [1.165, 1.54) is 24.3 Å². The van der Waals surface area contributed by atoms with Gasteiger partial charge in [0.25, 0.3) is 5.91 Å². The first-order valence-corrected chi connectivity index (χ1v) is 8.01. The highest BCUT2D eigenvalue weighted by molar-refractivity contribution is 5.94. The van der Waals surface area contributed by atoms with Crippen LogP contribution in [-0.4, -0.2) is 61.4 Å². The van der Waals surface area contributed by atoms with Crippen molar-refractivity contribution in [1.82, 2.24) is 15.1 Å². The first kappa shape index (κ1) is 20.4. The molecule has 24 heavy (non-hydrogen) atoms. The van der Waals surface area contributed by atoms with Crippen LogP contribution in [0.4, 0.5) is 4.39 Å². The lowest BCUT2D eigenvalue weighted by molar-refractivity contribution is -0.134. The molecule has 1 aliphatic heterocycles. The molecular weight excluding hydrogens is 333 g/mol. The summed E-state index contributed by atoms with van der Waals surface area (Å²) in [6, 6.07) is 5.58. The summed E-state index contributed by atoms with van der Waals surface area (Å²) in [5, 5.41) is 3.01. The Bertz CT molecular complexity index is 553. The molecule has 0 bridgehead atoms. The predicted octanol–water partition coefficient (Wildman–Crippen LogP) is 1.78. The number of carbonyl (C=O) groups is 2. The normalized spacial score (nSPS) is 16.1. The van der Waals surface area contributed by atoms with Crippen LogP contribution in [0.2, 0.25) is 0 Å². The molecule has 1 atom stereocenters. The zero-order valence-electron chi connectivity index (χ0n) is 14.1. The van der Waals surface area contributed by atoms with Crippen molar-refractivity contribution in [1.29, 1.82) is 0 Å². The van der Waals surface area contributed by atoms with Crippen LogP contribution < -0.4 is 5.32 Å². The Morgan fingerprint density at radius 2 is 1.71 bits per heavy atom. The summed E-state index contributed by atoms with van der Waals surface area (Å²) in [5.74, 6) is -0.412. The van der Waals surface area contributed by atoms with Crippen molar-refractivity contribution in [2.45, 2.75) is 13.3 Å². The largest absolute Gasteiger partial charge is 0.341 e. The number of amides is 2. The van der Waals surface area contributed by atoms with Crippen molar-refractivity contribution in [3.05, 3.63) is 35.6 Å². The molecule has 0 aromatic heterocycles. The monoisotopic (exact) mass is 357 g/mol. The average molecular weight is 358 g/mol. The third kappa shape index (κ3) is 5.18. The number of nitrogens with one attached hydrogen (secondary N) is 1. The second-order valence-corrected chi connectivity index (χ2v) is 5.94. The molecule has 0 spiro atoms. The fourth-order valence-electron chi connectivity index (χ4n) is 2.82. The lowest BCUT2D eigenvalue weighted by atomic mass is 10.1. The third-order valence-corrected chi connectivity index (χ3v) is 4.12. The predicted molar refractivity (Wildman–Crippen MR) is 93.8 cm³/mol. The molecule has 134 valence electrons. The number of hydrogen-bond acceptors (Lipinski definition) is 3. The minimum absolute atomic E-state index is 0. The van der Waals surface area contributed by atoms with E-state index in [1.807, 2.05) is 18.9 Å². The molecule has 1 heterocycles. The molecule has 1 aromatic carbocycles. The first-order valence-electron chi connectivity index (χ1n) is 8.01. The Morgan fingerprint density at radius 1 is 1.12 bits per heavy atom. The van der Waals surface area contributed by atoms with Crippen molar-refractivity contribution >= 4 is 24.2 Å².